The lowest BCUT2D eigenvalue weighted by Gasteiger charge is -2.42. The molecule has 29 heavy (non-hydrogen) atoms. The molecular formula is C20H20N6O2S. The van der Waals surface area contributed by atoms with Crippen LogP contribution in [0.1, 0.15) is 20.8 Å². The maximum Gasteiger partial charge on any atom is 0.250 e. The smallest absolute Gasteiger partial charge is 0.250 e. The molecule has 1 aromatic carbocycles. The number of hydrogen-bond acceptors (Lipinski definition) is 6. The van der Waals surface area contributed by atoms with E-state index < -0.39 is 10.8 Å². The highest BCUT2D eigenvalue weighted by atomic mass is 32.2. The Hall–Kier alpha value is -3.20. The van der Waals surface area contributed by atoms with Crippen LogP contribution in [0.3, 0.4) is 0 Å². The van der Waals surface area contributed by atoms with Crippen LogP contribution in [0.2, 0.25) is 0 Å². The Morgan fingerprint density at radius 3 is 2.66 bits per heavy atom. The number of fused-ring (bicyclic) bond motifs is 1. The number of benzene rings is 1. The Labute approximate surface area is 172 Å². The second-order valence-electron chi connectivity index (χ2n) is 7.17. The first-order valence-electron chi connectivity index (χ1n) is 9.12. The van der Waals surface area contributed by atoms with Gasteiger partial charge in [0.1, 0.15) is 5.54 Å². The number of rotatable bonds is 4. The lowest BCUT2D eigenvalue weighted by atomic mass is 9.96. The van der Waals surface area contributed by atoms with E-state index in [1.165, 1.54) is 11.8 Å². The molecule has 0 radical (unpaired) electrons. The normalized spacial score (nSPS) is 16.1. The number of nitrogens with zero attached hydrogens (tertiary/aromatic N) is 4. The zero-order valence-corrected chi connectivity index (χ0v) is 17.0. The van der Waals surface area contributed by atoms with Gasteiger partial charge in [-0.3, -0.25) is 24.6 Å². The van der Waals surface area contributed by atoms with Gasteiger partial charge in [-0.15, -0.1) is 5.10 Å². The molecule has 3 aromatic rings. The van der Waals surface area contributed by atoms with Crippen molar-refractivity contribution in [3.05, 3.63) is 48.8 Å². The molecule has 0 spiro atoms. The molecule has 1 aliphatic heterocycles. The molecule has 3 heterocycles. The molecule has 0 fully saturated rings. The van der Waals surface area contributed by atoms with Crippen molar-refractivity contribution in [2.45, 2.75) is 36.7 Å². The minimum Gasteiger partial charge on any atom is -0.322 e. The molecule has 9 heteroatoms. The topological polar surface area (TPSA) is 104 Å². The van der Waals surface area contributed by atoms with Gasteiger partial charge in [0.05, 0.1) is 16.6 Å². The molecule has 148 valence electrons. The van der Waals surface area contributed by atoms with E-state index in [0.29, 0.717) is 22.4 Å². The van der Waals surface area contributed by atoms with E-state index in [1.54, 1.807) is 44.1 Å². The molecule has 1 aliphatic rings. The predicted molar refractivity (Wildman–Crippen MR) is 112 cm³/mol. The molecule has 0 saturated carbocycles. The number of aromatic nitrogens is 4. The standard InChI is InChI=1S/C20H20N6O2S/c1-12(29-19-23-16(24-25-19)13-8-10-21-11-9-13)17(27)26-15-7-5-4-6-14(15)22-18(28)20(26,2)3/h4-12H,1-3H3,(H,22,28)(H,23,24,25)/t12-/m0/s1. The molecule has 0 aliphatic carbocycles. The Balaban J connectivity index is 1.58. The zero-order valence-electron chi connectivity index (χ0n) is 16.2. The summed E-state index contributed by atoms with van der Waals surface area (Å²) in [6.07, 6.45) is 3.36. The summed E-state index contributed by atoms with van der Waals surface area (Å²) in [5, 5.41) is 9.94. The van der Waals surface area contributed by atoms with Crippen LogP contribution in [0, 0.1) is 0 Å². The summed E-state index contributed by atoms with van der Waals surface area (Å²) in [7, 11) is 0. The minimum atomic E-state index is -1.01. The van der Waals surface area contributed by atoms with Gasteiger partial charge in [-0.2, -0.15) is 0 Å². The van der Waals surface area contributed by atoms with Crippen molar-refractivity contribution >= 4 is 35.0 Å². The predicted octanol–water partition coefficient (Wildman–Crippen LogP) is 3.11. The summed E-state index contributed by atoms with van der Waals surface area (Å²) >= 11 is 1.25. The third kappa shape index (κ3) is 3.49. The summed E-state index contributed by atoms with van der Waals surface area (Å²) in [5.74, 6) is 0.203. The van der Waals surface area contributed by atoms with Gasteiger partial charge in [-0.1, -0.05) is 23.9 Å². The van der Waals surface area contributed by atoms with E-state index in [1.807, 2.05) is 30.3 Å². The highest BCUT2D eigenvalue weighted by Gasteiger charge is 2.44. The van der Waals surface area contributed by atoms with E-state index in [0.717, 1.165) is 5.56 Å². The molecule has 0 unspecified atom stereocenters. The van der Waals surface area contributed by atoms with Crippen LogP contribution in [0.15, 0.2) is 53.9 Å². The number of thioether (sulfide) groups is 1. The van der Waals surface area contributed by atoms with Crippen molar-refractivity contribution in [2.75, 3.05) is 10.2 Å². The maximum atomic E-state index is 13.4. The fraction of sp³-hybridized carbons (Fsp3) is 0.250. The average molecular weight is 408 g/mol. The number of hydrogen-bond donors (Lipinski definition) is 2. The van der Waals surface area contributed by atoms with Crippen LogP contribution in [0.5, 0.6) is 0 Å². The number of carbonyl (C=O) groups is 2. The van der Waals surface area contributed by atoms with Gasteiger partial charge < -0.3 is 5.32 Å². The molecule has 2 aromatic heterocycles. The summed E-state index contributed by atoms with van der Waals surface area (Å²) in [6, 6.07) is 11.0. The summed E-state index contributed by atoms with van der Waals surface area (Å²) in [4.78, 5) is 36.0. The lowest BCUT2D eigenvalue weighted by Crippen LogP contribution is -2.60. The average Bonchev–Trinajstić information content (AvgIpc) is 3.17. The number of anilines is 2. The molecular weight excluding hydrogens is 388 g/mol. The van der Waals surface area contributed by atoms with Crippen molar-refractivity contribution in [1.29, 1.82) is 0 Å². The monoisotopic (exact) mass is 408 g/mol. The van der Waals surface area contributed by atoms with E-state index in [9.17, 15) is 9.59 Å². The minimum absolute atomic E-state index is 0.183. The highest BCUT2D eigenvalue weighted by molar-refractivity contribution is 8.00. The van der Waals surface area contributed by atoms with Gasteiger partial charge in [0.15, 0.2) is 5.82 Å². The maximum absolute atomic E-state index is 13.4. The van der Waals surface area contributed by atoms with Crippen LogP contribution in [0.4, 0.5) is 11.4 Å². The van der Waals surface area contributed by atoms with E-state index >= 15 is 0 Å². The fourth-order valence-corrected chi connectivity index (χ4v) is 3.94. The van der Waals surface area contributed by atoms with Crippen LogP contribution in [-0.2, 0) is 9.59 Å². The first kappa shape index (κ1) is 19.1. The van der Waals surface area contributed by atoms with E-state index in [4.69, 9.17) is 0 Å². The second-order valence-corrected chi connectivity index (χ2v) is 8.47. The summed E-state index contributed by atoms with van der Waals surface area (Å²) < 4.78 is 0. The van der Waals surface area contributed by atoms with Gasteiger partial charge in [-0.25, -0.2) is 4.98 Å². The third-order valence-electron chi connectivity index (χ3n) is 4.78. The van der Waals surface area contributed by atoms with Gasteiger partial charge in [-0.05, 0) is 45.0 Å². The van der Waals surface area contributed by atoms with Crippen LogP contribution < -0.4 is 10.2 Å². The first-order valence-corrected chi connectivity index (χ1v) is 10.00. The number of para-hydroxylation sites is 2. The Bertz CT molecular complexity index is 1070. The second kappa shape index (κ2) is 7.32. The Morgan fingerprint density at radius 1 is 1.17 bits per heavy atom. The van der Waals surface area contributed by atoms with E-state index in [-0.39, 0.29) is 11.8 Å². The van der Waals surface area contributed by atoms with Crippen LogP contribution in [0.25, 0.3) is 11.4 Å². The summed E-state index contributed by atoms with van der Waals surface area (Å²) in [6.45, 7) is 5.27. The third-order valence-corrected chi connectivity index (χ3v) is 5.73. The van der Waals surface area contributed by atoms with Crippen molar-refractivity contribution in [3.8, 4) is 11.4 Å². The number of aromatic amines is 1. The van der Waals surface area contributed by atoms with Gasteiger partial charge in [0, 0.05) is 18.0 Å². The van der Waals surface area contributed by atoms with Gasteiger partial charge in [0.25, 0.3) is 0 Å². The fourth-order valence-electron chi connectivity index (χ4n) is 3.17. The largest absolute Gasteiger partial charge is 0.322 e. The molecule has 0 saturated heterocycles. The number of H-pyrrole nitrogens is 1. The SMILES string of the molecule is C[C@H](Sc1n[nH]c(-c2ccncc2)n1)C(=O)N1c2ccccc2NC(=O)C1(C)C. The van der Waals surface area contributed by atoms with Crippen LogP contribution in [-0.4, -0.2) is 42.8 Å². The number of carbonyl (C=O) groups excluding carboxylic acids is 2. The van der Waals surface area contributed by atoms with E-state index in [2.05, 4.69) is 25.5 Å². The van der Waals surface area contributed by atoms with Gasteiger partial charge >= 0.3 is 0 Å². The molecule has 1 atom stereocenters. The highest BCUT2D eigenvalue weighted by Crippen LogP contribution is 2.38. The molecule has 8 nitrogen and oxygen atoms in total. The Kier molecular flexibility index (Phi) is 4.83. The molecule has 4 rings (SSSR count). The van der Waals surface area contributed by atoms with Crippen molar-refractivity contribution in [2.24, 2.45) is 0 Å². The lowest BCUT2D eigenvalue weighted by molar-refractivity contribution is -0.126. The summed E-state index contributed by atoms with van der Waals surface area (Å²) in [5.41, 5.74) is 1.16. The number of pyridine rings is 1. The Morgan fingerprint density at radius 2 is 1.90 bits per heavy atom. The van der Waals surface area contributed by atoms with Crippen LogP contribution >= 0.6 is 11.8 Å². The number of nitrogens with one attached hydrogen (secondary N) is 2. The number of amides is 2. The van der Waals surface area contributed by atoms with Crippen molar-refractivity contribution in [1.82, 2.24) is 20.2 Å². The molecule has 2 N–H and O–H groups in total. The molecule has 0 bridgehead atoms. The van der Waals surface area contributed by atoms with Crippen molar-refractivity contribution in [3.63, 3.8) is 0 Å². The quantitative estimate of drug-likeness (QED) is 0.643. The van der Waals surface area contributed by atoms with Gasteiger partial charge in [0.2, 0.25) is 17.0 Å². The first-order chi connectivity index (χ1) is 13.9. The van der Waals surface area contributed by atoms with Crippen molar-refractivity contribution < 1.29 is 9.59 Å². The molecule has 2 amide bonds. The zero-order chi connectivity index (χ0) is 20.6.